The van der Waals surface area contributed by atoms with Crippen LogP contribution in [-0.2, 0) is 11.2 Å². The molecule has 2 rings (SSSR count). The summed E-state index contributed by atoms with van der Waals surface area (Å²) in [5.74, 6) is 0.258. The SMILES string of the molecule is O=C(Cc1ccccc1)Nc1ccno1. The highest BCUT2D eigenvalue weighted by Gasteiger charge is 2.05. The highest BCUT2D eigenvalue weighted by atomic mass is 16.5. The molecule has 1 heterocycles. The second-order valence-corrected chi connectivity index (χ2v) is 3.09. The van der Waals surface area contributed by atoms with Crippen molar-refractivity contribution in [3.05, 3.63) is 48.2 Å². The molecule has 0 aliphatic heterocycles. The first kappa shape index (κ1) is 9.45. The zero-order chi connectivity index (χ0) is 10.5. The lowest BCUT2D eigenvalue weighted by atomic mass is 10.1. The molecule has 76 valence electrons. The molecule has 1 amide bonds. The number of hydrogen-bond donors (Lipinski definition) is 1. The summed E-state index contributed by atoms with van der Waals surface area (Å²) in [6.07, 6.45) is 1.82. The smallest absolute Gasteiger partial charge is 0.231 e. The summed E-state index contributed by atoms with van der Waals surface area (Å²) >= 11 is 0. The van der Waals surface area contributed by atoms with Crippen LogP contribution in [0.3, 0.4) is 0 Å². The quantitative estimate of drug-likeness (QED) is 0.826. The summed E-state index contributed by atoms with van der Waals surface area (Å²) in [5.41, 5.74) is 0.967. The molecule has 0 fully saturated rings. The lowest BCUT2D eigenvalue weighted by molar-refractivity contribution is -0.115. The third-order valence-corrected chi connectivity index (χ3v) is 1.91. The third-order valence-electron chi connectivity index (χ3n) is 1.91. The molecule has 2 aromatic rings. The van der Waals surface area contributed by atoms with Gasteiger partial charge in [0.2, 0.25) is 11.8 Å². The minimum atomic E-state index is -0.113. The first-order chi connectivity index (χ1) is 7.34. The maximum atomic E-state index is 11.5. The molecule has 1 aromatic heterocycles. The van der Waals surface area contributed by atoms with Crippen molar-refractivity contribution in [1.82, 2.24) is 5.16 Å². The number of benzene rings is 1. The zero-order valence-electron chi connectivity index (χ0n) is 8.01. The molecule has 4 nitrogen and oxygen atoms in total. The van der Waals surface area contributed by atoms with Crippen LogP contribution < -0.4 is 5.32 Å². The number of hydrogen-bond acceptors (Lipinski definition) is 3. The summed E-state index contributed by atoms with van der Waals surface area (Å²) in [7, 11) is 0. The van der Waals surface area contributed by atoms with E-state index in [1.807, 2.05) is 30.3 Å². The number of nitrogens with zero attached hydrogens (tertiary/aromatic N) is 1. The standard InChI is InChI=1S/C11H10N2O2/c14-10(13-11-6-7-12-15-11)8-9-4-2-1-3-5-9/h1-7H,8H2,(H,13,14). The van der Waals surface area contributed by atoms with Gasteiger partial charge >= 0.3 is 0 Å². The van der Waals surface area contributed by atoms with E-state index in [1.165, 1.54) is 6.20 Å². The van der Waals surface area contributed by atoms with E-state index in [9.17, 15) is 4.79 Å². The summed E-state index contributed by atoms with van der Waals surface area (Å²) in [6.45, 7) is 0. The molecular weight excluding hydrogens is 192 g/mol. The molecule has 0 atom stereocenters. The average Bonchev–Trinajstić information content (AvgIpc) is 2.71. The van der Waals surface area contributed by atoms with Gasteiger partial charge in [0.15, 0.2) is 0 Å². The Morgan fingerprint density at radius 3 is 2.73 bits per heavy atom. The number of aromatic nitrogens is 1. The molecule has 0 saturated carbocycles. The van der Waals surface area contributed by atoms with Crippen molar-refractivity contribution in [1.29, 1.82) is 0 Å². The lowest BCUT2D eigenvalue weighted by Crippen LogP contribution is -2.13. The first-order valence-corrected chi connectivity index (χ1v) is 4.59. The summed E-state index contributed by atoms with van der Waals surface area (Å²) in [5, 5.41) is 6.09. The van der Waals surface area contributed by atoms with Crippen LogP contribution in [-0.4, -0.2) is 11.1 Å². The van der Waals surface area contributed by atoms with Gasteiger partial charge in [0.1, 0.15) is 0 Å². The normalized spacial score (nSPS) is 9.87. The fourth-order valence-electron chi connectivity index (χ4n) is 1.24. The van der Waals surface area contributed by atoms with Crippen LogP contribution in [0.2, 0.25) is 0 Å². The Kier molecular flexibility index (Phi) is 2.78. The predicted octanol–water partition coefficient (Wildman–Crippen LogP) is 1.86. The summed E-state index contributed by atoms with van der Waals surface area (Å²) in [4.78, 5) is 11.5. The molecule has 4 heteroatoms. The molecule has 0 bridgehead atoms. The van der Waals surface area contributed by atoms with Crippen molar-refractivity contribution in [2.45, 2.75) is 6.42 Å². The molecule has 0 radical (unpaired) electrons. The number of carbonyl (C=O) groups is 1. The van der Waals surface area contributed by atoms with Gasteiger partial charge < -0.3 is 4.52 Å². The monoisotopic (exact) mass is 202 g/mol. The van der Waals surface area contributed by atoms with Crippen molar-refractivity contribution < 1.29 is 9.32 Å². The van der Waals surface area contributed by atoms with E-state index >= 15 is 0 Å². The van der Waals surface area contributed by atoms with Crippen LogP contribution in [0.25, 0.3) is 0 Å². The van der Waals surface area contributed by atoms with Gasteiger partial charge in [-0.05, 0) is 5.56 Å². The van der Waals surface area contributed by atoms with Crippen molar-refractivity contribution in [2.24, 2.45) is 0 Å². The molecule has 0 aliphatic rings. The summed E-state index contributed by atoms with van der Waals surface area (Å²) < 4.78 is 4.76. The Balaban J connectivity index is 1.94. The van der Waals surface area contributed by atoms with Gasteiger partial charge in [0.05, 0.1) is 12.6 Å². The van der Waals surface area contributed by atoms with Crippen molar-refractivity contribution >= 4 is 11.8 Å². The van der Waals surface area contributed by atoms with Crippen LogP contribution in [0.15, 0.2) is 47.1 Å². The highest BCUT2D eigenvalue weighted by Crippen LogP contribution is 2.05. The Labute approximate surface area is 86.9 Å². The van der Waals surface area contributed by atoms with E-state index in [2.05, 4.69) is 10.5 Å². The predicted molar refractivity (Wildman–Crippen MR) is 55.3 cm³/mol. The van der Waals surface area contributed by atoms with E-state index < -0.39 is 0 Å². The number of nitrogens with one attached hydrogen (secondary N) is 1. The van der Waals surface area contributed by atoms with E-state index in [0.717, 1.165) is 5.56 Å². The molecule has 1 N–H and O–H groups in total. The van der Waals surface area contributed by atoms with Crippen molar-refractivity contribution in [3.63, 3.8) is 0 Å². The van der Waals surface area contributed by atoms with E-state index in [1.54, 1.807) is 6.07 Å². The largest absolute Gasteiger partial charge is 0.338 e. The van der Waals surface area contributed by atoms with Crippen LogP contribution in [0.4, 0.5) is 5.88 Å². The second kappa shape index (κ2) is 4.41. The van der Waals surface area contributed by atoms with Gasteiger partial charge in [-0.25, -0.2) is 0 Å². The van der Waals surface area contributed by atoms with E-state index in [-0.39, 0.29) is 5.91 Å². The van der Waals surface area contributed by atoms with Gasteiger partial charge in [0, 0.05) is 6.07 Å². The minimum Gasteiger partial charge on any atom is -0.338 e. The van der Waals surface area contributed by atoms with Crippen LogP contribution in [0.1, 0.15) is 5.56 Å². The molecule has 0 spiro atoms. The number of amides is 1. The van der Waals surface area contributed by atoms with E-state index in [0.29, 0.717) is 12.3 Å². The summed E-state index contributed by atoms with van der Waals surface area (Å²) in [6, 6.07) is 11.1. The van der Waals surface area contributed by atoms with Crippen molar-refractivity contribution in [2.75, 3.05) is 5.32 Å². The fraction of sp³-hybridized carbons (Fsp3) is 0.0909. The number of carbonyl (C=O) groups excluding carboxylic acids is 1. The van der Waals surface area contributed by atoms with E-state index in [4.69, 9.17) is 4.52 Å². The Hall–Kier alpha value is -2.10. The molecule has 0 unspecified atom stereocenters. The lowest BCUT2D eigenvalue weighted by Gasteiger charge is -2.00. The van der Waals surface area contributed by atoms with Gasteiger partial charge in [-0.1, -0.05) is 35.5 Å². The van der Waals surface area contributed by atoms with Gasteiger partial charge in [-0.2, -0.15) is 0 Å². The minimum absolute atomic E-state index is 0.113. The van der Waals surface area contributed by atoms with Crippen LogP contribution in [0.5, 0.6) is 0 Å². The van der Waals surface area contributed by atoms with Crippen LogP contribution in [0, 0.1) is 0 Å². The fourth-order valence-corrected chi connectivity index (χ4v) is 1.24. The van der Waals surface area contributed by atoms with Gasteiger partial charge in [-0.3, -0.25) is 10.1 Å². The molecule has 1 aromatic carbocycles. The Morgan fingerprint density at radius 2 is 2.07 bits per heavy atom. The maximum Gasteiger partial charge on any atom is 0.231 e. The van der Waals surface area contributed by atoms with Crippen molar-refractivity contribution in [3.8, 4) is 0 Å². The molecular formula is C11H10N2O2. The molecule has 15 heavy (non-hydrogen) atoms. The average molecular weight is 202 g/mol. The second-order valence-electron chi connectivity index (χ2n) is 3.09. The maximum absolute atomic E-state index is 11.5. The van der Waals surface area contributed by atoms with Crippen LogP contribution >= 0.6 is 0 Å². The Morgan fingerprint density at radius 1 is 1.27 bits per heavy atom. The third kappa shape index (κ3) is 2.67. The van der Waals surface area contributed by atoms with Gasteiger partial charge in [0.25, 0.3) is 0 Å². The Bertz CT molecular complexity index is 423. The first-order valence-electron chi connectivity index (χ1n) is 4.59. The zero-order valence-corrected chi connectivity index (χ0v) is 8.01. The number of anilines is 1. The highest BCUT2D eigenvalue weighted by molar-refractivity contribution is 5.90. The number of rotatable bonds is 3. The van der Waals surface area contributed by atoms with Gasteiger partial charge in [-0.15, -0.1) is 0 Å². The molecule has 0 aliphatic carbocycles. The topological polar surface area (TPSA) is 55.1 Å². The molecule has 0 saturated heterocycles.